The van der Waals surface area contributed by atoms with Crippen LogP contribution in [0.4, 0.5) is 0 Å². The summed E-state index contributed by atoms with van der Waals surface area (Å²) in [6.45, 7) is 6.18. The van der Waals surface area contributed by atoms with Gasteiger partial charge in [-0.2, -0.15) is 0 Å². The molecule has 0 saturated carbocycles. The summed E-state index contributed by atoms with van der Waals surface area (Å²) in [4.78, 5) is 33.2. The quantitative estimate of drug-likeness (QED) is 0.401. The zero-order valence-electron chi connectivity index (χ0n) is 18.4. The van der Waals surface area contributed by atoms with Crippen molar-refractivity contribution in [1.29, 1.82) is 0 Å². The highest BCUT2D eigenvalue weighted by atomic mass is 32.2. The molecule has 4 rings (SSSR count). The fourth-order valence-electron chi connectivity index (χ4n) is 4.10. The molecule has 31 heavy (non-hydrogen) atoms. The van der Waals surface area contributed by atoms with Gasteiger partial charge in [0.05, 0.1) is 16.8 Å². The third-order valence-electron chi connectivity index (χ3n) is 5.93. The van der Waals surface area contributed by atoms with E-state index in [0.29, 0.717) is 5.16 Å². The first-order valence-corrected chi connectivity index (χ1v) is 12.9. The van der Waals surface area contributed by atoms with Crippen molar-refractivity contribution in [3.63, 3.8) is 0 Å². The van der Waals surface area contributed by atoms with Crippen molar-refractivity contribution in [2.24, 2.45) is 0 Å². The van der Waals surface area contributed by atoms with Crippen LogP contribution in [0.1, 0.15) is 55.5 Å². The van der Waals surface area contributed by atoms with Gasteiger partial charge in [-0.15, -0.1) is 11.3 Å². The van der Waals surface area contributed by atoms with Crippen LogP contribution in [-0.2, 0) is 17.6 Å². The van der Waals surface area contributed by atoms with Crippen molar-refractivity contribution in [2.75, 3.05) is 5.75 Å². The molecule has 164 valence electrons. The number of carbonyl (C=O) groups is 1. The lowest BCUT2D eigenvalue weighted by Crippen LogP contribution is -2.35. The first kappa shape index (κ1) is 22.1. The molecule has 3 aromatic rings. The van der Waals surface area contributed by atoms with Crippen LogP contribution in [0.25, 0.3) is 15.9 Å². The number of nitrogens with zero attached hydrogens (tertiary/aromatic N) is 2. The number of thiophene rings is 1. The van der Waals surface area contributed by atoms with Gasteiger partial charge in [0.1, 0.15) is 4.83 Å². The van der Waals surface area contributed by atoms with E-state index in [9.17, 15) is 9.59 Å². The lowest BCUT2D eigenvalue weighted by Gasteiger charge is -2.16. The second-order valence-corrected chi connectivity index (χ2v) is 10.2. The lowest BCUT2D eigenvalue weighted by molar-refractivity contribution is -0.119. The monoisotopic (exact) mass is 455 g/mol. The summed E-state index contributed by atoms with van der Waals surface area (Å²) < 4.78 is 1.69. The Kier molecular flexibility index (Phi) is 6.82. The summed E-state index contributed by atoms with van der Waals surface area (Å²) in [7, 11) is 0. The van der Waals surface area contributed by atoms with E-state index in [1.807, 2.05) is 31.2 Å². The minimum atomic E-state index is -0.0195. The summed E-state index contributed by atoms with van der Waals surface area (Å²) in [5.41, 5.74) is 3.10. The van der Waals surface area contributed by atoms with Crippen LogP contribution in [0.5, 0.6) is 0 Å². The van der Waals surface area contributed by atoms with E-state index in [1.165, 1.54) is 28.6 Å². The van der Waals surface area contributed by atoms with E-state index in [1.54, 1.807) is 15.9 Å². The minimum absolute atomic E-state index is 0.0174. The molecule has 0 unspecified atom stereocenters. The Labute approximate surface area is 191 Å². The van der Waals surface area contributed by atoms with Gasteiger partial charge >= 0.3 is 0 Å². The molecule has 0 saturated heterocycles. The normalized spacial score (nSPS) is 13.5. The number of amides is 1. The van der Waals surface area contributed by atoms with Crippen LogP contribution < -0.4 is 10.9 Å². The van der Waals surface area contributed by atoms with E-state index in [0.717, 1.165) is 53.6 Å². The Morgan fingerprint density at radius 1 is 1.19 bits per heavy atom. The van der Waals surface area contributed by atoms with E-state index < -0.39 is 0 Å². The number of thioether (sulfide) groups is 1. The van der Waals surface area contributed by atoms with Crippen molar-refractivity contribution < 1.29 is 4.79 Å². The molecule has 2 heterocycles. The van der Waals surface area contributed by atoms with E-state index in [-0.39, 0.29) is 23.3 Å². The number of hydrogen-bond acceptors (Lipinski definition) is 5. The molecule has 7 heteroatoms. The van der Waals surface area contributed by atoms with Crippen molar-refractivity contribution in [3.05, 3.63) is 50.6 Å². The summed E-state index contributed by atoms with van der Waals surface area (Å²) in [5, 5.41) is 4.43. The molecular formula is C24H29N3O2S2. The molecule has 1 aliphatic rings. The SMILES string of the molecule is CCC(CC)NC(=O)CSc1nc2sc3c(c2c(=O)n1-c1ccc(C)cc1)CCCC3. The van der Waals surface area contributed by atoms with Crippen LogP contribution >= 0.6 is 23.1 Å². The molecule has 1 N–H and O–H groups in total. The zero-order valence-corrected chi connectivity index (χ0v) is 20.0. The van der Waals surface area contributed by atoms with Crippen LogP contribution in [0.15, 0.2) is 34.2 Å². The molecule has 0 fully saturated rings. The zero-order chi connectivity index (χ0) is 22.0. The molecule has 0 bridgehead atoms. The van der Waals surface area contributed by atoms with Gasteiger partial charge in [-0.3, -0.25) is 14.2 Å². The number of aryl methyl sites for hydroxylation is 3. The van der Waals surface area contributed by atoms with E-state index >= 15 is 0 Å². The third kappa shape index (κ3) is 4.58. The standard InChI is InChI=1S/C24H29N3O2S2/c1-4-16(5-2)25-20(28)14-30-24-26-22-21(18-8-6-7-9-19(18)31-22)23(29)27(24)17-12-10-15(3)11-13-17/h10-13,16H,4-9,14H2,1-3H3,(H,25,28). The Hall–Kier alpha value is -2.12. The van der Waals surface area contributed by atoms with Crippen LogP contribution in [-0.4, -0.2) is 27.3 Å². The highest BCUT2D eigenvalue weighted by molar-refractivity contribution is 7.99. The van der Waals surface area contributed by atoms with Crippen molar-refractivity contribution >= 4 is 39.2 Å². The Bertz CT molecular complexity index is 1140. The maximum Gasteiger partial charge on any atom is 0.267 e. The van der Waals surface area contributed by atoms with Gasteiger partial charge in [0.2, 0.25) is 5.91 Å². The fourth-order valence-corrected chi connectivity index (χ4v) is 6.22. The van der Waals surface area contributed by atoms with E-state index in [4.69, 9.17) is 4.98 Å². The number of nitrogens with one attached hydrogen (secondary N) is 1. The highest BCUT2D eigenvalue weighted by Crippen LogP contribution is 2.35. The van der Waals surface area contributed by atoms with E-state index in [2.05, 4.69) is 19.2 Å². The second kappa shape index (κ2) is 9.57. The maximum absolute atomic E-state index is 13.7. The van der Waals surface area contributed by atoms with Gasteiger partial charge in [0, 0.05) is 10.9 Å². The van der Waals surface area contributed by atoms with Crippen LogP contribution in [0.3, 0.4) is 0 Å². The third-order valence-corrected chi connectivity index (χ3v) is 8.06. The molecule has 2 aromatic heterocycles. The smallest absolute Gasteiger partial charge is 0.267 e. The Balaban J connectivity index is 1.76. The molecule has 0 aliphatic heterocycles. The number of benzene rings is 1. The average molecular weight is 456 g/mol. The summed E-state index contributed by atoms with van der Waals surface area (Å²) in [6.07, 6.45) is 6.09. The Morgan fingerprint density at radius 2 is 1.90 bits per heavy atom. The first-order chi connectivity index (χ1) is 15.0. The van der Waals surface area contributed by atoms with Crippen LogP contribution in [0, 0.1) is 6.92 Å². The average Bonchev–Trinajstić information content (AvgIpc) is 3.15. The number of hydrogen-bond donors (Lipinski definition) is 1. The predicted octanol–water partition coefficient (Wildman–Crippen LogP) is 5.03. The largest absolute Gasteiger partial charge is 0.353 e. The summed E-state index contributed by atoms with van der Waals surface area (Å²) >= 11 is 2.99. The van der Waals surface area contributed by atoms with Gasteiger partial charge in [-0.25, -0.2) is 4.98 Å². The maximum atomic E-state index is 13.7. The van der Waals surface area contributed by atoms with Crippen LogP contribution in [0.2, 0.25) is 0 Å². The highest BCUT2D eigenvalue weighted by Gasteiger charge is 2.23. The van der Waals surface area contributed by atoms with Gasteiger partial charge in [0.25, 0.3) is 5.56 Å². The van der Waals surface area contributed by atoms with Crippen molar-refractivity contribution in [3.8, 4) is 5.69 Å². The lowest BCUT2D eigenvalue weighted by atomic mass is 9.97. The van der Waals surface area contributed by atoms with Gasteiger partial charge < -0.3 is 5.32 Å². The number of rotatable bonds is 7. The molecular weight excluding hydrogens is 426 g/mol. The molecule has 0 radical (unpaired) electrons. The molecule has 5 nitrogen and oxygen atoms in total. The first-order valence-electron chi connectivity index (χ1n) is 11.1. The summed E-state index contributed by atoms with van der Waals surface area (Å²) in [5.74, 6) is 0.222. The van der Waals surface area contributed by atoms with Gasteiger partial charge in [-0.05, 0) is 63.1 Å². The van der Waals surface area contributed by atoms with Crippen molar-refractivity contribution in [1.82, 2.24) is 14.9 Å². The molecule has 0 spiro atoms. The molecule has 1 aliphatic carbocycles. The Morgan fingerprint density at radius 3 is 2.61 bits per heavy atom. The molecule has 1 aromatic carbocycles. The van der Waals surface area contributed by atoms with Gasteiger partial charge in [-0.1, -0.05) is 43.3 Å². The molecule has 0 atom stereocenters. The van der Waals surface area contributed by atoms with Gasteiger partial charge in [0.15, 0.2) is 5.16 Å². The number of carbonyl (C=O) groups excluding carboxylic acids is 1. The predicted molar refractivity (Wildman–Crippen MR) is 130 cm³/mol. The topological polar surface area (TPSA) is 64.0 Å². The van der Waals surface area contributed by atoms with Crippen molar-refractivity contribution in [2.45, 2.75) is 70.5 Å². The second-order valence-electron chi connectivity index (χ2n) is 8.13. The minimum Gasteiger partial charge on any atom is -0.353 e. The number of fused-ring (bicyclic) bond motifs is 3. The molecule has 1 amide bonds. The summed E-state index contributed by atoms with van der Waals surface area (Å²) in [6, 6.07) is 8.10. The number of aromatic nitrogens is 2. The fraction of sp³-hybridized carbons (Fsp3) is 0.458.